The average molecular weight is 228 g/mol. The van der Waals surface area contributed by atoms with Crippen molar-refractivity contribution in [2.45, 2.75) is 45.4 Å². The van der Waals surface area contributed by atoms with E-state index in [1.165, 1.54) is 19.3 Å². The summed E-state index contributed by atoms with van der Waals surface area (Å²) in [6.07, 6.45) is 6.34. The van der Waals surface area contributed by atoms with Gasteiger partial charge in [0.2, 0.25) is 0 Å². The van der Waals surface area contributed by atoms with Crippen LogP contribution in [0.25, 0.3) is 0 Å². The Labute approximate surface area is 86.4 Å². The first-order valence-corrected chi connectivity index (χ1v) is 6.04. The monoisotopic (exact) mass is 228 g/mol. The molecule has 0 aliphatic carbocycles. The van der Waals surface area contributed by atoms with Crippen LogP contribution in [0.4, 0.5) is 0 Å². The van der Waals surface area contributed by atoms with Crippen molar-refractivity contribution >= 4 is 10.4 Å². The zero-order chi connectivity index (χ0) is 10.2. The third kappa shape index (κ3) is 14.4. The molecule has 0 bridgehead atoms. The second-order valence-electron chi connectivity index (χ2n) is 3.02. The third-order valence-corrected chi connectivity index (χ3v) is 2.19. The molecule has 0 spiro atoms. The van der Waals surface area contributed by atoms with Crippen LogP contribution in [0.3, 0.4) is 0 Å². The quantitative estimate of drug-likeness (QED) is 0.492. The van der Waals surface area contributed by atoms with E-state index < -0.39 is 10.4 Å². The number of unbranched alkanes of at least 4 members (excludes halogenated alkanes) is 5. The van der Waals surface area contributed by atoms with Gasteiger partial charge in [0.25, 0.3) is 0 Å². The van der Waals surface area contributed by atoms with Crippen molar-refractivity contribution in [1.29, 1.82) is 0 Å². The fourth-order valence-corrected chi connectivity index (χ4v) is 1.38. The van der Waals surface area contributed by atoms with E-state index in [2.05, 4.69) is 11.1 Å². The summed E-state index contributed by atoms with van der Waals surface area (Å²) in [5.74, 6) is 0. The molecule has 0 unspecified atom stereocenters. The van der Waals surface area contributed by atoms with Gasteiger partial charge in [-0.15, -0.1) is 0 Å². The molecular formula is C8H22NO4S+. The minimum Gasteiger partial charge on any atom is -0.369 e. The predicted molar refractivity (Wildman–Crippen MR) is 56.9 cm³/mol. The van der Waals surface area contributed by atoms with Crippen molar-refractivity contribution in [2.75, 3.05) is 6.61 Å². The Morgan fingerprint density at radius 1 is 1.07 bits per heavy atom. The van der Waals surface area contributed by atoms with Gasteiger partial charge in [0.1, 0.15) is 0 Å². The molecule has 0 aliphatic rings. The van der Waals surface area contributed by atoms with Gasteiger partial charge >= 0.3 is 10.4 Å². The van der Waals surface area contributed by atoms with Crippen LogP contribution in [0.2, 0.25) is 0 Å². The van der Waals surface area contributed by atoms with Crippen LogP contribution in [0.15, 0.2) is 0 Å². The molecular weight excluding hydrogens is 206 g/mol. The Bertz CT molecular complexity index is 203. The largest absolute Gasteiger partial charge is 0.397 e. The second kappa shape index (κ2) is 9.39. The van der Waals surface area contributed by atoms with E-state index >= 15 is 0 Å². The van der Waals surface area contributed by atoms with E-state index in [9.17, 15) is 8.42 Å². The highest BCUT2D eigenvalue weighted by molar-refractivity contribution is 7.80. The highest BCUT2D eigenvalue weighted by Crippen LogP contribution is 2.05. The first-order valence-electron chi connectivity index (χ1n) is 4.68. The van der Waals surface area contributed by atoms with E-state index in [0.29, 0.717) is 6.42 Å². The van der Waals surface area contributed by atoms with Crippen molar-refractivity contribution in [3.05, 3.63) is 0 Å². The molecule has 0 saturated carbocycles. The fraction of sp³-hybridized carbons (Fsp3) is 1.00. The molecule has 0 saturated heterocycles. The summed E-state index contributed by atoms with van der Waals surface area (Å²) >= 11 is 0. The normalized spacial score (nSPS) is 11.0. The lowest BCUT2D eigenvalue weighted by molar-refractivity contribution is 0.261. The Morgan fingerprint density at radius 2 is 1.57 bits per heavy atom. The molecule has 0 aromatic carbocycles. The van der Waals surface area contributed by atoms with E-state index in [-0.39, 0.29) is 12.8 Å². The minimum atomic E-state index is -4.22. The summed E-state index contributed by atoms with van der Waals surface area (Å²) in [6.45, 7) is 2.23. The van der Waals surface area contributed by atoms with Crippen molar-refractivity contribution < 1.29 is 17.2 Å². The van der Waals surface area contributed by atoms with Gasteiger partial charge in [-0.25, -0.2) is 4.18 Å². The van der Waals surface area contributed by atoms with Crippen molar-refractivity contribution in [3.8, 4) is 0 Å². The highest BCUT2D eigenvalue weighted by atomic mass is 32.3. The van der Waals surface area contributed by atoms with Crippen molar-refractivity contribution in [1.82, 2.24) is 6.15 Å². The Kier molecular flexibility index (Phi) is 10.9. The summed E-state index contributed by atoms with van der Waals surface area (Å²) in [7, 11) is -4.22. The zero-order valence-corrected chi connectivity index (χ0v) is 9.85. The number of rotatable bonds is 8. The molecule has 0 aromatic rings. The summed E-state index contributed by atoms with van der Waals surface area (Å²) < 4.78 is 32.6. The number of quaternary nitrogens is 1. The SMILES string of the molecule is CCCCCCCCOS(=O)(=O)O.[NH4+]. The molecule has 0 aromatic heterocycles. The van der Waals surface area contributed by atoms with Crippen LogP contribution >= 0.6 is 0 Å². The van der Waals surface area contributed by atoms with Gasteiger partial charge in [0.15, 0.2) is 0 Å². The molecule has 0 rings (SSSR count). The van der Waals surface area contributed by atoms with Gasteiger partial charge in [0, 0.05) is 0 Å². The summed E-state index contributed by atoms with van der Waals surface area (Å²) in [5, 5.41) is 0. The van der Waals surface area contributed by atoms with E-state index in [4.69, 9.17) is 4.55 Å². The minimum absolute atomic E-state index is 0. The fourth-order valence-electron chi connectivity index (χ4n) is 1.05. The van der Waals surface area contributed by atoms with Gasteiger partial charge in [0.05, 0.1) is 6.61 Å². The maximum Gasteiger partial charge on any atom is 0.397 e. The lowest BCUT2D eigenvalue weighted by Crippen LogP contribution is -2.04. The molecule has 6 heteroatoms. The summed E-state index contributed by atoms with van der Waals surface area (Å²) in [5.41, 5.74) is 0. The predicted octanol–water partition coefficient (Wildman–Crippen LogP) is 2.54. The molecule has 14 heavy (non-hydrogen) atoms. The molecule has 5 N–H and O–H groups in total. The molecule has 0 atom stereocenters. The van der Waals surface area contributed by atoms with Crippen LogP contribution in [-0.4, -0.2) is 19.6 Å². The lowest BCUT2D eigenvalue weighted by Gasteiger charge is -2.00. The van der Waals surface area contributed by atoms with Crippen LogP contribution in [0.1, 0.15) is 45.4 Å². The maximum absolute atomic E-state index is 10.1. The third-order valence-electron chi connectivity index (χ3n) is 1.73. The first-order chi connectivity index (χ1) is 6.06. The zero-order valence-electron chi connectivity index (χ0n) is 9.03. The van der Waals surface area contributed by atoms with Crippen molar-refractivity contribution in [3.63, 3.8) is 0 Å². The Hall–Kier alpha value is -0.170. The van der Waals surface area contributed by atoms with Crippen molar-refractivity contribution in [2.24, 2.45) is 0 Å². The van der Waals surface area contributed by atoms with Gasteiger partial charge < -0.3 is 6.15 Å². The average Bonchev–Trinajstić information content (AvgIpc) is 2.01. The summed E-state index contributed by atoms with van der Waals surface area (Å²) in [4.78, 5) is 0. The highest BCUT2D eigenvalue weighted by Gasteiger charge is 2.02. The summed E-state index contributed by atoms with van der Waals surface area (Å²) in [6, 6.07) is 0. The maximum atomic E-state index is 10.1. The van der Waals surface area contributed by atoms with Gasteiger partial charge in [-0.2, -0.15) is 8.42 Å². The molecule has 0 aliphatic heterocycles. The van der Waals surface area contributed by atoms with E-state index in [1.54, 1.807) is 0 Å². The smallest absolute Gasteiger partial charge is 0.369 e. The molecule has 88 valence electrons. The molecule has 0 amide bonds. The van der Waals surface area contributed by atoms with Gasteiger partial charge in [-0.1, -0.05) is 39.0 Å². The second-order valence-corrected chi connectivity index (χ2v) is 4.11. The number of hydrogen-bond donors (Lipinski definition) is 2. The molecule has 0 radical (unpaired) electrons. The number of hydrogen-bond acceptors (Lipinski definition) is 3. The van der Waals surface area contributed by atoms with Gasteiger partial charge in [-0.05, 0) is 6.42 Å². The van der Waals surface area contributed by atoms with Crippen LogP contribution in [0.5, 0.6) is 0 Å². The Morgan fingerprint density at radius 3 is 2.07 bits per heavy atom. The standard InChI is InChI=1S/C8H18O4S.H3N/c1-2-3-4-5-6-7-8-12-13(9,10)11;/h2-8H2,1H3,(H,9,10,11);1H3/p+1. The molecule has 0 heterocycles. The topological polar surface area (TPSA) is 100 Å². The van der Waals surface area contributed by atoms with Crippen LogP contribution < -0.4 is 6.15 Å². The van der Waals surface area contributed by atoms with E-state index in [1.807, 2.05) is 0 Å². The Balaban J connectivity index is 0. The van der Waals surface area contributed by atoms with Crippen LogP contribution in [-0.2, 0) is 14.6 Å². The van der Waals surface area contributed by atoms with E-state index in [0.717, 1.165) is 12.8 Å². The molecule has 0 fully saturated rings. The van der Waals surface area contributed by atoms with Gasteiger partial charge in [-0.3, -0.25) is 4.55 Å². The molecule has 5 nitrogen and oxygen atoms in total. The lowest BCUT2D eigenvalue weighted by atomic mass is 10.1. The van der Waals surface area contributed by atoms with Crippen LogP contribution in [0, 0.1) is 0 Å². The first kappa shape index (κ1) is 16.3.